The molecule has 0 radical (unpaired) electrons. The predicted octanol–water partition coefficient (Wildman–Crippen LogP) is 2.08. The van der Waals surface area contributed by atoms with E-state index in [9.17, 15) is 4.79 Å². The van der Waals surface area contributed by atoms with Crippen LogP contribution < -0.4 is 0 Å². The van der Waals surface area contributed by atoms with E-state index >= 15 is 0 Å². The lowest BCUT2D eigenvalue weighted by atomic mass is 10.3. The van der Waals surface area contributed by atoms with Crippen molar-refractivity contribution in [3.63, 3.8) is 0 Å². The van der Waals surface area contributed by atoms with Crippen molar-refractivity contribution in [2.45, 2.75) is 0 Å². The van der Waals surface area contributed by atoms with E-state index in [4.69, 9.17) is 0 Å². The molecule has 0 saturated heterocycles. The standard InChI is InChI=1S/C7H5I2NO2/c1-12-7(11)4-2-5(8)10-6(9)3-4/h2-3H,1H3. The Balaban J connectivity index is 3.08. The lowest BCUT2D eigenvalue weighted by Gasteiger charge is -1.99. The Morgan fingerprint density at radius 2 is 1.92 bits per heavy atom. The highest BCUT2D eigenvalue weighted by Gasteiger charge is 2.07. The zero-order valence-electron chi connectivity index (χ0n) is 6.17. The number of rotatable bonds is 1. The number of halogens is 2. The van der Waals surface area contributed by atoms with Gasteiger partial charge in [0, 0.05) is 0 Å². The fourth-order valence-corrected chi connectivity index (χ4v) is 2.35. The molecule has 0 amide bonds. The summed E-state index contributed by atoms with van der Waals surface area (Å²) < 4.78 is 6.16. The third kappa shape index (κ3) is 2.54. The van der Waals surface area contributed by atoms with Gasteiger partial charge in [-0.15, -0.1) is 0 Å². The van der Waals surface area contributed by atoms with Crippen molar-refractivity contribution in [3.8, 4) is 0 Å². The van der Waals surface area contributed by atoms with Gasteiger partial charge in [0.25, 0.3) is 0 Å². The molecule has 0 N–H and O–H groups in total. The quantitative estimate of drug-likeness (QED) is 0.420. The second-order valence-corrected chi connectivity index (χ2v) is 4.20. The molecule has 0 aliphatic rings. The highest BCUT2D eigenvalue weighted by atomic mass is 127. The minimum atomic E-state index is -0.326. The van der Waals surface area contributed by atoms with E-state index < -0.39 is 0 Å². The van der Waals surface area contributed by atoms with Gasteiger partial charge in [0.15, 0.2) is 0 Å². The molecular weight excluding hydrogens is 384 g/mol. The fraction of sp³-hybridized carbons (Fsp3) is 0.143. The summed E-state index contributed by atoms with van der Waals surface area (Å²) >= 11 is 4.11. The minimum Gasteiger partial charge on any atom is -0.465 e. The Morgan fingerprint density at radius 1 is 1.42 bits per heavy atom. The molecule has 12 heavy (non-hydrogen) atoms. The summed E-state index contributed by atoms with van der Waals surface area (Å²) in [5, 5.41) is 0. The molecule has 3 nitrogen and oxygen atoms in total. The largest absolute Gasteiger partial charge is 0.465 e. The van der Waals surface area contributed by atoms with Crippen LogP contribution >= 0.6 is 45.2 Å². The van der Waals surface area contributed by atoms with E-state index in [2.05, 4.69) is 54.9 Å². The molecule has 1 heterocycles. The fourth-order valence-electron chi connectivity index (χ4n) is 0.701. The zero-order valence-corrected chi connectivity index (χ0v) is 10.5. The van der Waals surface area contributed by atoms with E-state index in [-0.39, 0.29) is 5.97 Å². The van der Waals surface area contributed by atoms with E-state index in [1.54, 1.807) is 12.1 Å². The topological polar surface area (TPSA) is 39.2 Å². The highest BCUT2D eigenvalue weighted by molar-refractivity contribution is 14.1. The van der Waals surface area contributed by atoms with Crippen LogP contribution in [-0.4, -0.2) is 18.1 Å². The predicted molar refractivity (Wildman–Crippen MR) is 61.0 cm³/mol. The molecule has 1 aromatic heterocycles. The maximum atomic E-state index is 11.1. The van der Waals surface area contributed by atoms with Gasteiger partial charge in [-0.05, 0) is 57.3 Å². The summed E-state index contributed by atoms with van der Waals surface area (Å²) in [7, 11) is 1.36. The first-order valence-electron chi connectivity index (χ1n) is 3.05. The highest BCUT2D eigenvalue weighted by Crippen LogP contribution is 2.10. The van der Waals surface area contributed by atoms with Crippen molar-refractivity contribution in [3.05, 3.63) is 25.1 Å². The van der Waals surface area contributed by atoms with Gasteiger partial charge in [0.1, 0.15) is 7.40 Å². The van der Waals surface area contributed by atoms with Crippen LogP contribution in [0, 0.1) is 7.40 Å². The van der Waals surface area contributed by atoms with Gasteiger partial charge in [0.05, 0.1) is 12.7 Å². The van der Waals surface area contributed by atoms with Crippen LogP contribution in [0.5, 0.6) is 0 Å². The Labute approximate surface area is 97.2 Å². The van der Waals surface area contributed by atoms with Gasteiger partial charge in [0.2, 0.25) is 0 Å². The summed E-state index contributed by atoms with van der Waals surface area (Å²) in [6.07, 6.45) is 0. The monoisotopic (exact) mass is 389 g/mol. The molecule has 0 aromatic carbocycles. The molecule has 0 bridgehead atoms. The number of nitrogens with zero attached hydrogens (tertiary/aromatic N) is 1. The summed E-state index contributed by atoms with van der Waals surface area (Å²) in [6, 6.07) is 3.38. The van der Waals surface area contributed by atoms with Crippen LogP contribution in [0.2, 0.25) is 0 Å². The number of carbonyl (C=O) groups excluding carboxylic acids is 1. The van der Waals surface area contributed by atoms with Crippen molar-refractivity contribution in [1.29, 1.82) is 0 Å². The number of esters is 1. The van der Waals surface area contributed by atoms with Crippen molar-refractivity contribution in [2.75, 3.05) is 7.11 Å². The molecule has 0 aliphatic carbocycles. The maximum Gasteiger partial charge on any atom is 0.338 e. The third-order valence-electron chi connectivity index (χ3n) is 1.18. The van der Waals surface area contributed by atoms with Gasteiger partial charge >= 0.3 is 5.97 Å². The molecular formula is C7H5I2NO2. The van der Waals surface area contributed by atoms with Crippen LogP contribution in [0.4, 0.5) is 0 Å². The number of carbonyl (C=O) groups is 1. The van der Waals surface area contributed by atoms with Crippen molar-refractivity contribution < 1.29 is 9.53 Å². The second-order valence-electron chi connectivity index (χ2n) is 1.99. The Bertz CT molecular complexity index is 294. The van der Waals surface area contributed by atoms with Crippen molar-refractivity contribution in [2.24, 2.45) is 0 Å². The van der Waals surface area contributed by atoms with Gasteiger partial charge in [-0.3, -0.25) is 0 Å². The van der Waals surface area contributed by atoms with Crippen molar-refractivity contribution in [1.82, 2.24) is 4.98 Å². The van der Waals surface area contributed by atoms with Crippen LogP contribution in [0.3, 0.4) is 0 Å². The maximum absolute atomic E-state index is 11.1. The summed E-state index contributed by atoms with van der Waals surface area (Å²) in [4.78, 5) is 15.2. The van der Waals surface area contributed by atoms with Crippen molar-refractivity contribution >= 4 is 51.2 Å². The molecule has 0 fully saturated rings. The summed E-state index contributed by atoms with van der Waals surface area (Å²) in [5.74, 6) is -0.326. The van der Waals surface area contributed by atoms with Gasteiger partial charge in [-0.2, -0.15) is 0 Å². The average Bonchev–Trinajstić information content (AvgIpc) is 2.01. The van der Waals surface area contributed by atoms with Gasteiger partial charge in [-0.1, -0.05) is 0 Å². The van der Waals surface area contributed by atoms with Crippen LogP contribution in [-0.2, 0) is 4.74 Å². The number of ether oxygens (including phenoxy) is 1. The first-order valence-corrected chi connectivity index (χ1v) is 5.20. The minimum absolute atomic E-state index is 0.326. The smallest absolute Gasteiger partial charge is 0.338 e. The lowest BCUT2D eigenvalue weighted by Crippen LogP contribution is -2.03. The number of hydrogen-bond acceptors (Lipinski definition) is 3. The Hall–Kier alpha value is 0.0800. The number of aromatic nitrogens is 1. The van der Waals surface area contributed by atoms with Gasteiger partial charge < -0.3 is 4.74 Å². The van der Waals surface area contributed by atoms with Gasteiger partial charge in [-0.25, -0.2) is 9.78 Å². The van der Waals surface area contributed by atoms with E-state index in [1.807, 2.05) is 0 Å². The SMILES string of the molecule is COC(=O)c1cc(I)nc(I)c1. The molecule has 0 saturated carbocycles. The summed E-state index contributed by atoms with van der Waals surface area (Å²) in [5.41, 5.74) is 0.543. The molecule has 0 atom stereocenters. The zero-order chi connectivity index (χ0) is 9.14. The van der Waals surface area contributed by atoms with E-state index in [1.165, 1.54) is 7.11 Å². The molecule has 64 valence electrons. The first-order chi connectivity index (χ1) is 5.63. The number of hydrogen-bond donors (Lipinski definition) is 0. The average molecular weight is 389 g/mol. The molecule has 1 aromatic rings. The van der Waals surface area contributed by atoms with Crippen LogP contribution in [0.15, 0.2) is 12.1 Å². The molecule has 5 heteroatoms. The molecule has 0 aliphatic heterocycles. The second kappa shape index (κ2) is 4.35. The number of methoxy groups -OCH3 is 1. The van der Waals surface area contributed by atoms with E-state index in [0.29, 0.717) is 5.56 Å². The Morgan fingerprint density at radius 3 is 2.33 bits per heavy atom. The van der Waals surface area contributed by atoms with E-state index in [0.717, 1.165) is 7.40 Å². The first kappa shape index (κ1) is 10.2. The lowest BCUT2D eigenvalue weighted by molar-refractivity contribution is 0.0600. The van der Waals surface area contributed by atoms with Crippen LogP contribution in [0.25, 0.3) is 0 Å². The molecule has 1 rings (SSSR count). The normalized spacial score (nSPS) is 9.58. The third-order valence-corrected chi connectivity index (χ3v) is 2.29. The summed E-state index contributed by atoms with van der Waals surface area (Å²) in [6.45, 7) is 0. The number of pyridine rings is 1. The molecule has 0 spiro atoms. The molecule has 0 unspecified atom stereocenters. The Kier molecular flexibility index (Phi) is 3.69. The van der Waals surface area contributed by atoms with Crippen LogP contribution in [0.1, 0.15) is 10.4 Å².